The van der Waals surface area contributed by atoms with Crippen molar-refractivity contribution in [3.05, 3.63) is 24.3 Å². The monoisotopic (exact) mass is 522 g/mol. The minimum absolute atomic E-state index is 0.151. The molecule has 37 heavy (non-hydrogen) atoms. The van der Waals surface area contributed by atoms with E-state index < -0.39 is 95.4 Å². The second kappa shape index (κ2) is 9.21. The zero-order valence-corrected chi connectivity index (χ0v) is 21.7. The molecule has 11 nitrogen and oxygen atoms in total. The van der Waals surface area contributed by atoms with E-state index in [1.54, 1.807) is 13.8 Å². The topological polar surface area (TPSA) is 158 Å². The molecule has 2 aliphatic carbocycles. The highest BCUT2D eigenvalue weighted by molar-refractivity contribution is 5.78. The van der Waals surface area contributed by atoms with E-state index in [0.717, 1.165) is 13.8 Å². The molecule has 2 saturated heterocycles. The molecule has 0 aromatic carbocycles. The average molecular weight is 523 g/mol. The third-order valence-corrected chi connectivity index (χ3v) is 8.45. The lowest BCUT2D eigenvalue weighted by molar-refractivity contribution is -0.228. The molecule has 0 aromatic heterocycles. The number of epoxide rings is 1. The summed E-state index contributed by atoms with van der Waals surface area (Å²) in [5, 5.41) is 23.9. The molecule has 2 heterocycles. The second-order valence-electron chi connectivity index (χ2n) is 10.8. The van der Waals surface area contributed by atoms with E-state index in [2.05, 4.69) is 6.58 Å². The van der Waals surface area contributed by atoms with Crippen LogP contribution in [-0.2, 0) is 42.9 Å². The summed E-state index contributed by atoms with van der Waals surface area (Å²) < 4.78 is 28.3. The number of rotatable bonds is 3. The lowest BCUT2D eigenvalue weighted by atomic mass is 9.54. The van der Waals surface area contributed by atoms with E-state index in [4.69, 9.17) is 23.7 Å². The number of aliphatic hydroxyl groups excluding tert-OH is 1. The maximum atomic E-state index is 12.9. The van der Waals surface area contributed by atoms with Crippen LogP contribution in [-0.4, -0.2) is 82.4 Å². The molecule has 12 unspecified atom stereocenters. The van der Waals surface area contributed by atoms with Crippen LogP contribution in [0.25, 0.3) is 0 Å². The third kappa shape index (κ3) is 4.17. The van der Waals surface area contributed by atoms with Gasteiger partial charge in [0.1, 0.15) is 18.3 Å². The highest BCUT2D eigenvalue weighted by atomic mass is 16.6. The van der Waals surface area contributed by atoms with Gasteiger partial charge in [0, 0.05) is 38.0 Å². The van der Waals surface area contributed by atoms with Gasteiger partial charge in [-0.3, -0.25) is 19.2 Å². The Kier molecular flexibility index (Phi) is 6.79. The Morgan fingerprint density at radius 3 is 2.19 bits per heavy atom. The van der Waals surface area contributed by atoms with Crippen LogP contribution in [0.15, 0.2) is 24.3 Å². The molecular weight excluding hydrogens is 488 g/mol. The fraction of sp³-hybridized carbons (Fsp3) is 0.692. The van der Waals surface area contributed by atoms with Crippen molar-refractivity contribution in [2.45, 2.75) is 89.9 Å². The van der Waals surface area contributed by atoms with E-state index in [1.807, 2.05) is 0 Å². The SMILES string of the molecule is C=C1C=CC(O)C2(C)C3OC3C(OC(C)=O)C(C)C2C(OC(C)=O)C2(O)C(C)C(=O)OC2C1OC(C)=O. The van der Waals surface area contributed by atoms with Gasteiger partial charge in [0.05, 0.1) is 18.1 Å². The van der Waals surface area contributed by atoms with Crippen molar-refractivity contribution in [1.29, 1.82) is 0 Å². The normalized spacial score (nSPS) is 46.5. The molecule has 204 valence electrons. The lowest BCUT2D eigenvalue weighted by Crippen LogP contribution is -2.68. The Balaban J connectivity index is 1.97. The number of esters is 4. The maximum Gasteiger partial charge on any atom is 0.312 e. The Hall–Kier alpha value is -2.76. The van der Waals surface area contributed by atoms with Crippen molar-refractivity contribution in [2.24, 2.45) is 23.2 Å². The van der Waals surface area contributed by atoms with Gasteiger partial charge in [-0.25, -0.2) is 0 Å². The third-order valence-electron chi connectivity index (χ3n) is 8.45. The lowest BCUT2D eigenvalue weighted by Gasteiger charge is -2.54. The van der Waals surface area contributed by atoms with E-state index in [0.29, 0.717) is 0 Å². The quantitative estimate of drug-likeness (QED) is 0.304. The minimum Gasteiger partial charge on any atom is -0.459 e. The van der Waals surface area contributed by atoms with Crippen LogP contribution in [0, 0.1) is 23.2 Å². The van der Waals surface area contributed by atoms with Crippen molar-refractivity contribution in [3.8, 4) is 0 Å². The minimum atomic E-state index is -2.22. The van der Waals surface area contributed by atoms with Crippen LogP contribution in [0.1, 0.15) is 41.5 Å². The molecule has 2 N–H and O–H groups in total. The second-order valence-corrected chi connectivity index (χ2v) is 10.8. The predicted molar refractivity (Wildman–Crippen MR) is 124 cm³/mol. The Morgan fingerprint density at radius 2 is 1.62 bits per heavy atom. The summed E-state index contributed by atoms with van der Waals surface area (Å²) in [4.78, 5) is 49.3. The molecule has 0 spiro atoms. The van der Waals surface area contributed by atoms with E-state index in [9.17, 15) is 29.4 Å². The molecule has 2 aliphatic heterocycles. The van der Waals surface area contributed by atoms with Gasteiger partial charge in [-0.1, -0.05) is 32.6 Å². The van der Waals surface area contributed by atoms with E-state index in [1.165, 1.54) is 26.0 Å². The molecular formula is C26H34O11. The fourth-order valence-electron chi connectivity index (χ4n) is 6.60. The molecule has 11 heteroatoms. The van der Waals surface area contributed by atoms with Gasteiger partial charge < -0.3 is 33.9 Å². The van der Waals surface area contributed by atoms with Crippen LogP contribution in [0.4, 0.5) is 0 Å². The highest BCUT2D eigenvalue weighted by Crippen LogP contribution is 2.61. The van der Waals surface area contributed by atoms with Gasteiger partial charge in [0.2, 0.25) is 0 Å². The Bertz CT molecular complexity index is 1050. The van der Waals surface area contributed by atoms with Gasteiger partial charge in [-0.15, -0.1) is 0 Å². The molecule has 4 rings (SSSR count). The number of carbonyl (C=O) groups excluding carboxylic acids is 4. The van der Waals surface area contributed by atoms with Crippen LogP contribution in [0.2, 0.25) is 0 Å². The van der Waals surface area contributed by atoms with Gasteiger partial charge in [-0.05, 0) is 12.5 Å². The zero-order chi connectivity index (χ0) is 27.6. The summed E-state index contributed by atoms with van der Waals surface area (Å²) in [6, 6.07) is 0. The van der Waals surface area contributed by atoms with E-state index in [-0.39, 0.29) is 5.57 Å². The van der Waals surface area contributed by atoms with Crippen LogP contribution in [0.3, 0.4) is 0 Å². The van der Waals surface area contributed by atoms with Crippen molar-refractivity contribution >= 4 is 23.9 Å². The van der Waals surface area contributed by atoms with Crippen molar-refractivity contribution in [1.82, 2.24) is 0 Å². The Morgan fingerprint density at radius 1 is 1.03 bits per heavy atom. The number of aliphatic hydroxyl groups is 2. The molecule has 0 bridgehead atoms. The molecule has 1 saturated carbocycles. The summed E-state index contributed by atoms with van der Waals surface area (Å²) in [5.41, 5.74) is -3.24. The molecule has 4 aliphatic rings. The van der Waals surface area contributed by atoms with Crippen LogP contribution < -0.4 is 0 Å². The van der Waals surface area contributed by atoms with Crippen molar-refractivity contribution in [2.75, 3.05) is 0 Å². The van der Waals surface area contributed by atoms with E-state index >= 15 is 0 Å². The predicted octanol–water partition coefficient (Wildman–Crippen LogP) is 0.601. The van der Waals surface area contributed by atoms with Gasteiger partial charge in [0.15, 0.2) is 17.8 Å². The first-order valence-electron chi connectivity index (χ1n) is 12.3. The van der Waals surface area contributed by atoms with Gasteiger partial charge in [0.25, 0.3) is 0 Å². The summed E-state index contributed by atoms with van der Waals surface area (Å²) in [6.45, 7) is 12.4. The smallest absolute Gasteiger partial charge is 0.312 e. The fourth-order valence-corrected chi connectivity index (χ4v) is 6.60. The molecule has 0 aromatic rings. The number of hydrogen-bond donors (Lipinski definition) is 2. The Labute approximate surface area is 214 Å². The standard InChI is InChI=1S/C26H34O11/c1-10-8-9-16(30)25(7)17(11(2)19(34-14(5)28)20-22(25)36-20)21(35-15(6)29)26(32)12(3)24(31)37-23(26)18(10)33-13(4)27/h8-9,11-12,16-23,30,32H,1H2,2-7H3. The molecule has 0 radical (unpaired) electrons. The summed E-state index contributed by atoms with van der Waals surface area (Å²) in [5.74, 6) is -5.57. The molecule has 12 atom stereocenters. The van der Waals surface area contributed by atoms with Gasteiger partial charge in [-0.2, -0.15) is 0 Å². The average Bonchev–Trinajstić information content (AvgIpc) is 3.57. The number of ether oxygens (including phenoxy) is 5. The maximum absolute atomic E-state index is 12.9. The van der Waals surface area contributed by atoms with Crippen LogP contribution in [0.5, 0.6) is 0 Å². The first-order chi connectivity index (χ1) is 17.1. The first kappa shape index (κ1) is 27.3. The van der Waals surface area contributed by atoms with Crippen LogP contribution >= 0.6 is 0 Å². The van der Waals surface area contributed by atoms with Crippen molar-refractivity contribution < 1.29 is 53.1 Å². The highest BCUT2D eigenvalue weighted by Gasteiger charge is 2.75. The summed E-state index contributed by atoms with van der Waals surface area (Å²) >= 11 is 0. The number of fused-ring (bicyclic) bond motifs is 4. The number of carbonyl (C=O) groups is 4. The zero-order valence-electron chi connectivity index (χ0n) is 21.7. The molecule has 0 amide bonds. The summed E-state index contributed by atoms with van der Waals surface area (Å²) in [7, 11) is 0. The first-order valence-corrected chi connectivity index (χ1v) is 12.3. The van der Waals surface area contributed by atoms with Crippen molar-refractivity contribution in [3.63, 3.8) is 0 Å². The number of hydrogen-bond acceptors (Lipinski definition) is 11. The largest absolute Gasteiger partial charge is 0.459 e. The summed E-state index contributed by atoms with van der Waals surface area (Å²) in [6.07, 6.45) is -4.52. The van der Waals surface area contributed by atoms with Gasteiger partial charge >= 0.3 is 23.9 Å². The molecule has 3 fully saturated rings.